The summed E-state index contributed by atoms with van der Waals surface area (Å²) in [6.07, 6.45) is 8.85. The van der Waals surface area contributed by atoms with E-state index in [1.807, 2.05) is 24.5 Å². The van der Waals surface area contributed by atoms with E-state index >= 15 is 0 Å². The number of nitrogens with zero attached hydrogens (tertiary/aromatic N) is 2. The molecule has 0 atom stereocenters. The summed E-state index contributed by atoms with van der Waals surface area (Å²) in [5.41, 5.74) is 2.02. The Kier molecular flexibility index (Phi) is 6.95. The molecule has 1 aromatic carbocycles. The first kappa shape index (κ1) is 18.4. The fraction of sp³-hybridized carbons (Fsp3) is 0.316. The molecule has 1 aliphatic rings. The van der Waals surface area contributed by atoms with E-state index in [0.717, 1.165) is 24.0 Å². The fourth-order valence-electron chi connectivity index (χ4n) is 2.22. The molecule has 0 saturated carbocycles. The number of hydrogen-bond acceptors (Lipinski definition) is 5. The van der Waals surface area contributed by atoms with Crippen LogP contribution in [0.5, 0.6) is 5.75 Å². The second kappa shape index (κ2) is 9.42. The second-order valence-electron chi connectivity index (χ2n) is 5.62. The molecule has 1 amide bonds. The number of benzene rings is 1. The zero-order chi connectivity index (χ0) is 18.1. The van der Waals surface area contributed by atoms with Crippen molar-refractivity contribution in [2.75, 3.05) is 27.3 Å². The summed E-state index contributed by atoms with van der Waals surface area (Å²) in [6, 6.07) is 7.10. The zero-order valence-electron chi connectivity index (χ0n) is 14.5. The van der Waals surface area contributed by atoms with Crippen LogP contribution in [-0.2, 0) is 14.3 Å². The minimum absolute atomic E-state index is 0.0681. The Balaban J connectivity index is 1.85. The highest BCUT2D eigenvalue weighted by molar-refractivity contribution is 5.91. The molecule has 1 aromatic rings. The average Bonchev–Trinajstić information content (AvgIpc) is 2.65. The Morgan fingerprint density at radius 3 is 2.68 bits per heavy atom. The largest absolute Gasteiger partial charge is 0.482 e. The predicted octanol–water partition coefficient (Wildman–Crippen LogP) is 2.46. The number of carbonyl (C=O) groups excluding carboxylic acids is 2. The highest BCUT2D eigenvalue weighted by Gasteiger charge is 2.09. The van der Waals surface area contributed by atoms with Crippen molar-refractivity contribution in [3.8, 4) is 5.75 Å². The molecule has 132 valence electrons. The van der Waals surface area contributed by atoms with Gasteiger partial charge >= 0.3 is 5.97 Å². The lowest BCUT2D eigenvalue weighted by atomic mass is 10.1. The third-order valence-electron chi connectivity index (χ3n) is 3.66. The number of amides is 1. The van der Waals surface area contributed by atoms with Crippen molar-refractivity contribution in [3.05, 3.63) is 47.7 Å². The molecular formula is C19H22N2O4. The Hall–Kier alpha value is -2.89. The zero-order valence-corrected chi connectivity index (χ0v) is 14.5. The van der Waals surface area contributed by atoms with Crippen LogP contribution in [-0.4, -0.2) is 50.3 Å². The van der Waals surface area contributed by atoms with Crippen molar-refractivity contribution < 1.29 is 19.1 Å². The minimum atomic E-state index is -0.434. The van der Waals surface area contributed by atoms with E-state index in [9.17, 15) is 9.59 Å². The lowest BCUT2D eigenvalue weighted by Gasteiger charge is -2.18. The lowest BCUT2D eigenvalue weighted by molar-refractivity contribution is -0.142. The van der Waals surface area contributed by atoms with Gasteiger partial charge in [-0.05, 0) is 42.2 Å². The summed E-state index contributed by atoms with van der Waals surface area (Å²) in [5, 5.41) is 0. The highest BCUT2D eigenvalue weighted by Crippen LogP contribution is 2.14. The maximum absolute atomic E-state index is 12.2. The van der Waals surface area contributed by atoms with Crippen LogP contribution in [0.15, 0.2) is 47.1 Å². The molecule has 6 heteroatoms. The Bertz CT molecular complexity index is 690. The van der Waals surface area contributed by atoms with Crippen LogP contribution < -0.4 is 4.74 Å². The van der Waals surface area contributed by atoms with Gasteiger partial charge in [-0.2, -0.15) is 0 Å². The first-order valence-electron chi connectivity index (χ1n) is 8.01. The summed E-state index contributed by atoms with van der Waals surface area (Å²) in [4.78, 5) is 29.0. The third kappa shape index (κ3) is 6.25. The molecule has 1 aliphatic heterocycles. The van der Waals surface area contributed by atoms with E-state index < -0.39 is 5.97 Å². The van der Waals surface area contributed by atoms with E-state index in [2.05, 4.69) is 9.73 Å². The number of rotatable bonds is 7. The van der Waals surface area contributed by atoms with Gasteiger partial charge in [-0.25, -0.2) is 4.79 Å². The van der Waals surface area contributed by atoms with E-state index in [4.69, 9.17) is 4.74 Å². The predicted molar refractivity (Wildman–Crippen MR) is 96.4 cm³/mol. The Morgan fingerprint density at radius 1 is 1.28 bits per heavy atom. The van der Waals surface area contributed by atoms with E-state index in [0.29, 0.717) is 12.3 Å². The normalized spacial score (nSPS) is 13.4. The molecule has 0 N–H and O–H groups in total. The molecule has 0 unspecified atom stereocenters. The molecule has 0 saturated heterocycles. The summed E-state index contributed by atoms with van der Waals surface area (Å²) in [6.45, 7) is 0.454. The van der Waals surface area contributed by atoms with Gasteiger partial charge in [0.2, 0.25) is 5.91 Å². The van der Waals surface area contributed by atoms with E-state index in [1.165, 1.54) is 13.2 Å². The summed E-state index contributed by atoms with van der Waals surface area (Å²) in [7, 11) is 3.08. The SMILES string of the molecule is COC(=O)COc1ccc(/C=C/C(=O)N(C)CC2=CN=CCC2)cc1. The van der Waals surface area contributed by atoms with Crippen LogP contribution in [0.1, 0.15) is 18.4 Å². The number of methoxy groups -OCH3 is 1. The second-order valence-corrected chi connectivity index (χ2v) is 5.62. The first-order chi connectivity index (χ1) is 12.1. The van der Waals surface area contributed by atoms with Gasteiger partial charge in [0.15, 0.2) is 6.61 Å². The van der Waals surface area contributed by atoms with Crippen LogP contribution in [0, 0.1) is 0 Å². The maximum atomic E-state index is 12.2. The van der Waals surface area contributed by atoms with Gasteiger partial charge in [0.05, 0.1) is 7.11 Å². The molecular weight excluding hydrogens is 320 g/mol. The van der Waals surface area contributed by atoms with Gasteiger partial charge < -0.3 is 14.4 Å². The molecule has 0 bridgehead atoms. The van der Waals surface area contributed by atoms with Crippen molar-refractivity contribution in [3.63, 3.8) is 0 Å². The van der Waals surface area contributed by atoms with Gasteiger partial charge in [-0.1, -0.05) is 12.1 Å². The lowest BCUT2D eigenvalue weighted by Crippen LogP contribution is -2.27. The Morgan fingerprint density at radius 2 is 2.04 bits per heavy atom. The number of carbonyl (C=O) groups is 2. The van der Waals surface area contributed by atoms with Crippen molar-refractivity contribution in [1.29, 1.82) is 0 Å². The molecule has 2 rings (SSSR count). The molecule has 0 aromatic heterocycles. The van der Waals surface area contributed by atoms with Crippen LogP contribution in [0.25, 0.3) is 6.08 Å². The number of likely N-dealkylation sites (N-methyl/N-ethyl adjacent to an activating group) is 1. The molecule has 1 heterocycles. The quantitative estimate of drug-likeness (QED) is 0.564. The average molecular weight is 342 g/mol. The molecule has 0 fully saturated rings. The Labute approximate surface area is 147 Å². The van der Waals surface area contributed by atoms with Crippen LogP contribution in [0.2, 0.25) is 0 Å². The number of ether oxygens (including phenoxy) is 2. The van der Waals surface area contributed by atoms with Crippen molar-refractivity contribution in [1.82, 2.24) is 4.90 Å². The van der Waals surface area contributed by atoms with Crippen LogP contribution in [0.4, 0.5) is 0 Å². The standard InChI is InChI=1S/C19H22N2O4/c1-21(13-16-4-3-11-20-12-16)18(22)10-7-15-5-8-17(9-6-15)25-14-19(23)24-2/h5-12H,3-4,13-14H2,1-2H3/b10-7+. The van der Waals surface area contributed by atoms with Gasteiger partial charge in [0.1, 0.15) is 5.75 Å². The van der Waals surface area contributed by atoms with E-state index in [1.54, 1.807) is 30.2 Å². The first-order valence-corrected chi connectivity index (χ1v) is 8.01. The van der Waals surface area contributed by atoms with Gasteiger partial charge in [0, 0.05) is 32.1 Å². The van der Waals surface area contributed by atoms with Crippen molar-refractivity contribution >= 4 is 24.2 Å². The number of aliphatic imine (C=N–C) groups is 1. The smallest absolute Gasteiger partial charge is 0.343 e. The molecule has 0 aliphatic carbocycles. The van der Waals surface area contributed by atoms with Gasteiger partial charge in [-0.15, -0.1) is 0 Å². The third-order valence-corrected chi connectivity index (χ3v) is 3.66. The minimum Gasteiger partial charge on any atom is -0.482 e. The summed E-state index contributed by atoms with van der Waals surface area (Å²) < 4.78 is 9.78. The van der Waals surface area contributed by atoms with Gasteiger partial charge in [0.25, 0.3) is 0 Å². The van der Waals surface area contributed by atoms with Crippen LogP contribution in [0.3, 0.4) is 0 Å². The fourth-order valence-corrected chi connectivity index (χ4v) is 2.22. The topological polar surface area (TPSA) is 68.2 Å². The van der Waals surface area contributed by atoms with E-state index in [-0.39, 0.29) is 12.5 Å². The van der Waals surface area contributed by atoms with Crippen molar-refractivity contribution in [2.24, 2.45) is 4.99 Å². The summed E-state index contributed by atoms with van der Waals surface area (Å²) >= 11 is 0. The molecule has 0 spiro atoms. The molecule has 6 nitrogen and oxygen atoms in total. The number of esters is 1. The van der Waals surface area contributed by atoms with Gasteiger partial charge in [-0.3, -0.25) is 9.79 Å². The summed E-state index contributed by atoms with van der Waals surface area (Å²) in [5.74, 6) is 0.0635. The highest BCUT2D eigenvalue weighted by atomic mass is 16.6. The van der Waals surface area contributed by atoms with Crippen molar-refractivity contribution in [2.45, 2.75) is 12.8 Å². The maximum Gasteiger partial charge on any atom is 0.343 e. The number of hydrogen-bond donors (Lipinski definition) is 0. The molecule has 0 radical (unpaired) electrons. The van der Waals surface area contributed by atoms with Crippen LogP contribution >= 0.6 is 0 Å². The molecule has 25 heavy (non-hydrogen) atoms. The monoisotopic (exact) mass is 342 g/mol.